The Morgan fingerprint density at radius 1 is 0.714 bits per heavy atom. The highest BCUT2D eigenvalue weighted by atomic mass is 16.3. The van der Waals surface area contributed by atoms with Gasteiger partial charge in [0, 0.05) is 0 Å². The highest BCUT2D eigenvalue weighted by Gasteiger charge is 2.12. The maximum atomic E-state index is 5.53. The van der Waals surface area contributed by atoms with Crippen molar-refractivity contribution in [1.29, 1.82) is 0 Å². The summed E-state index contributed by atoms with van der Waals surface area (Å²) in [6, 6.07) is 21.2. The first-order valence-electron chi connectivity index (χ1n) is 7.33. The number of benzene rings is 2. The van der Waals surface area contributed by atoms with Crippen molar-refractivity contribution in [2.75, 3.05) is 0 Å². The Bertz CT molecular complexity index is 796. The van der Waals surface area contributed by atoms with Gasteiger partial charge in [-0.3, -0.25) is 0 Å². The molecule has 3 aromatic rings. The summed E-state index contributed by atoms with van der Waals surface area (Å²) >= 11 is 0. The van der Waals surface area contributed by atoms with Crippen LogP contribution in [-0.2, 0) is 0 Å². The van der Waals surface area contributed by atoms with Gasteiger partial charge in [-0.2, -0.15) is 0 Å². The van der Waals surface area contributed by atoms with Gasteiger partial charge in [0.2, 0.25) is 12.5 Å². The van der Waals surface area contributed by atoms with E-state index in [0.717, 1.165) is 12.8 Å². The first-order valence-corrected chi connectivity index (χ1v) is 7.33. The largest absolute Gasteiger partial charge is 0.320 e. The van der Waals surface area contributed by atoms with Gasteiger partial charge in [0.25, 0.3) is 0 Å². The fraction of sp³-hybridized carbons (Fsp3) is 0.100. The maximum absolute atomic E-state index is 5.53. The molecule has 1 aromatic heterocycles. The van der Waals surface area contributed by atoms with Crippen LogP contribution in [0.2, 0.25) is 0 Å². The summed E-state index contributed by atoms with van der Waals surface area (Å²) in [7, 11) is 0. The fourth-order valence-electron chi connectivity index (χ4n) is 3.16. The zero-order valence-electron chi connectivity index (χ0n) is 11.8. The molecule has 1 aliphatic carbocycles. The van der Waals surface area contributed by atoms with Crippen molar-refractivity contribution < 1.29 is 4.42 Å². The molecule has 4 rings (SSSR count). The maximum Gasteiger partial charge on any atom is 0.231 e. The summed E-state index contributed by atoms with van der Waals surface area (Å²) in [5.41, 5.74) is 5.37. The second-order valence-electron chi connectivity index (χ2n) is 5.39. The molecule has 1 heteroatoms. The Balaban J connectivity index is 2.01. The molecule has 2 aromatic carbocycles. The summed E-state index contributed by atoms with van der Waals surface area (Å²) in [5.74, 6) is 0. The van der Waals surface area contributed by atoms with Gasteiger partial charge < -0.3 is 4.42 Å². The molecular weight excluding hydrogens is 256 g/mol. The van der Waals surface area contributed by atoms with Gasteiger partial charge in [-0.25, -0.2) is 0 Å². The molecule has 1 nitrogen and oxygen atoms in total. The average Bonchev–Trinajstić information content (AvgIpc) is 3.05. The molecule has 0 N–H and O–H groups in total. The molecule has 21 heavy (non-hydrogen) atoms. The van der Waals surface area contributed by atoms with Gasteiger partial charge in [0.1, 0.15) is 0 Å². The molecule has 102 valence electrons. The van der Waals surface area contributed by atoms with Crippen molar-refractivity contribution in [1.82, 2.24) is 0 Å². The van der Waals surface area contributed by atoms with Gasteiger partial charge in [-0.05, 0) is 22.4 Å². The number of rotatable bonds is 2. The van der Waals surface area contributed by atoms with Crippen LogP contribution in [0.25, 0.3) is 11.1 Å². The minimum Gasteiger partial charge on any atom is -0.320 e. The van der Waals surface area contributed by atoms with Crippen LogP contribution >= 0.6 is 0 Å². The monoisotopic (exact) mass is 272 g/mol. The van der Waals surface area contributed by atoms with Crippen molar-refractivity contribution >= 4 is 11.1 Å². The predicted octanol–water partition coefficient (Wildman–Crippen LogP) is 3.47. The number of hydrogen-bond donors (Lipinski definition) is 0. The molecule has 0 bridgehead atoms. The first kappa shape index (κ1) is 12.2. The van der Waals surface area contributed by atoms with Crippen LogP contribution in [0.4, 0.5) is 0 Å². The summed E-state index contributed by atoms with van der Waals surface area (Å²) in [6.45, 7) is 0. The SMILES string of the molecule is c1ccc(C2=c3c[o+][cH-]c3=C(c3ccccc3)CC2)cc1. The van der Waals surface area contributed by atoms with Gasteiger partial charge in [-0.1, -0.05) is 78.2 Å². The third kappa shape index (κ3) is 2.11. The van der Waals surface area contributed by atoms with Gasteiger partial charge in [-0.15, -0.1) is 5.57 Å². The van der Waals surface area contributed by atoms with Gasteiger partial charge >= 0.3 is 0 Å². The quantitative estimate of drug-likeness (QED) is 0.513. The molecule has 0 radical (unpaired) electrons. The molecule has 0 saturated carbocycles. The van der Waals surface area contributed by atoms with Crippen LogP contribution in [-0.4, -0.2) is 0 Å². The van der Waals surface area contributed by atoms with Crippen LogP contribution in [0.3, 0.4) is 0 Å². The minimum absolute atomic E-state index is 1.06. The summed E-state index contributed by atoms with van der Waals surface area (Å²) in [4.78, 5) is 0. The Kier molecular flexibility index (Phi) is 2.97. The van der Waals surface area contributed by atoms with E-state index in [0.29, 0.717) is 0 Å². The van der Waals surface area contributed by atoms with Crippen LogP contribution < -0.4 is 10.4 Å². The molecule has 0 fully saturated rings. The summed E-state index contributed by atoms with van der Waals surface area (Å²) < 4.78 is 5.53. The van der Waals surface area contributed by atoms with Gasteiger partial charge in [0.15, 0.2) is 0 Å². The van der Waals surface area contributed by atoms with Crippen molar-refractivity contribution in [2.45, 2.75) is 12.8 Å². The molecule has 0 unspecified atom stereocenters. The lowest BCUT2D eigenvalue weighted by Gasteiger charge is -2.19. The molecular formula is C20H16O. The Labute approximate surface area is 123 Å². The molecule has 0 saturated heterocycles. The van der Waals surface area contributed by atoms with Crippen LogP contribution in [0.5, 0.6) is 0 Å². The topological polar surface area (TPSA) is 11.3 Å². The average molecular weight is 272 g/mol. The number of hydrogen-bond acceptors (Lipinski definition) is 0. The minimum atomic E-state index is 1.06. The van der Waals surface area contributed by atoms with E-state index in [9.17, 15) is 0 Å². The molecule has 0 atom stereocenters. The highest BCUT2D eigenvalue weighted by molar-refractivity contribution is 5.74. The highest BCUT2D eigenvalue weighted by Crippen LogP contribution is 2.25. The Hall–Kier alpha value is -2.54. The van der Waals surface area contributed by atoms with Crippen LogP contribution in [0, 0.1) is 0 Å². The normalized spacial score (nSPS) is 14.1. The smallest absolute Gasteiger partial charge is 0.231 e. The first-order chi connectivity index (χ1) is 10.4. The van der Waals surface area contributed by atoms with Crippen molar-refractivity contribution in [3.63, 3.8) is 0 Å². The van der Waals surface area contributed by atoms with E-state index < -0.39 is 0 Å². The predicted molar refractivity (Wildman–Crippen MR) is 85.1 cm³/mol. The molecule has 0 amide bonds. The summed E-state index contributed by atoms with van der Waals surface area (Å²) in [6.07, 6.45) is 5.89. The van der Waals surface area contributed by atoms with E-state index >= 15 is 0 Å². The molecule has 1 heterocycles. The van der Waals surface area contributed by atoms with E-state index in [1.165, 1.54) is 32.7 Å². The standard InChI is InChI=1S/C20H16O/c1-3-7-15(8-4-1)17-11-12-18(16-9-5-2-6-10-16)20-14-21-13-19(17)20/h1-10,13-14H,11-12H2. The van der Waals surface area contributed by atoms with Crippen molar-refractivity contribution in [3.8, 4) is 0 Å². The van der Waals surface area contributed by atoms with Crippen LogP contribution in [0.1, 0.15) is 24.0 Å². The van der Waals surface area contributed by atoms with Gasteiger partial charge in [0.05, 0.1) is 0 Å². The molecule has 1 aliphatic rings. The zero-order chi connectivity index (χ0) is 14.1. The van der Waals surface area contributed by atoms with E-state index in [-0.39, 0.29) is 0 Å². The number of furan rings is 1. The fourth-order valence-corrected chi connectivity index (χ4v) is 3.16. The lowest BCUT2D eigenvalue weighted by Crippen LogP contribution is -2.29. The van der Waals surface area contributed by atoms with E-state index in [1.807, 2.05) is 12.5 Å². The second-order valence-corrected chi connectivity index (χ2v) is 5.39. The lowest BCUT2D eigenvalue weighted by molar-refractivity contribution is 0.564. The van der Waals surface area contributed by atoms with E-state index in [4.69, 9.17) is 4.42 Å². The number of fused-ring (bicyclic) bond motifs is 1. The van der Waals surface area contributed by atoms with Crippen molar-refractivity contribution in [2.24, 2.45) is 0 Å². The Morgan fingerprint density at radius 3 is 1.95 bits per heavy atom. The van der Waals surface area contributed by atoms with E-state index in [1.54, 1.807) is 0 Å². The summed E-state index contributed by atoms with van der Waals surface area (Å²) in [5, 5.41) is 2.48. The third-order valence-electron chi connectivity index (χ3n) is 4.18. The lowest BCUT2D eigenvalue weighted by atomic mass is 9.88. The molecule has 0 spiro atoms. The third-order valence-corrected chi connectivity index (χ3v) is 4.18. The van der Waals surface area contributed by atoms with Crippen molar-refractivity contribution in [3.05, 3.63) is 94.8 Å². The second kappa shape index (κ2) is 5.10. The zero-order valence-corrected chi connectivity index (χ0v) is 11.8. The van der Waals surface area contributed by atoms with E-state index in [2.05, 4.69) is 60.7 Å². The molecule has 0 aliphatic heterocycles. The van der Waals surface area contributed by atoms with Crippen LogP contribution in [0.15, 0.2) is 77.6 Å². The Morgan fingerprint density at radius 2 is 1.29 bits per heavy atom.